The Morgan fingerprint density at radius 2 is 1.94 bits per heavy atom. The van der Waals surface area contributed by atoms with E-state index in [9.17, 15) is 4.79 Å². The van der Waals surface area contributed by atoms with Crippen LogP contribution in [0.1, 0.15) is 15.9 Å². The van der Waals surface area contributed by atoms with Crippen LogP contribution in [0.2, 0.25) is 10.0 Å². The number of hydrogen-bond acceptors (Lipinski definition) is 5. The highest BCUT2D eigenvalue weighted by atomic mass is 35.5. The Morgan fingerprint density at radius 3 is 2.69 bits per heavy atom. The molecule has 0 bridgehead atoms. The van der Waals surface area contributed by atoms with Crippen LogP contribution in [0.5, 0.6) is 5.75 Å². The molecule has 8 heteroatoms. The number of carbonyl (C=O) groups is 1. The number of imidazole rings is 1. The summed E-state index contributed by atoms with van der Waals surface area (Å²) in [6, 6.07) is 20.4. The summed E-state index contributed by atoms with van der Waals surface area (Å²) in [7, 11) is 0. The van der Waals surface area contributed by atoms with Crippen LogP contribution in [-0.4, -0.2) is 35.2 Å². The average Bonchev–Trinajstić information content (AvgIpc) is 3.54. The van der Waals surface area contributed by atoms with E-state index < -0.39 is 5.79 Å². The topological polar surface area (TPSA) is 62.6 Å². The molecule has 0 spiro atoms. The number of hydrogen-bond donors (Lipinski definition) is 0. The number of aldehydes is 1. The molecule has 4 aromatic rings. The number of nitrogens with zero attached hydrogens (tertiary/aromatic N) is 2. The third-order valence-corrected chi connectivity index (χ3v) is 6.39. The maximum Gasteiger partial charge on any atom is 0.215 e. The lowest BCUT2D eigenvalue weighted by Gasteiger charge is -2.30. The van der Waals surface area contributed by atoms with Gasteiger partial charge in [0.2, 0.25) is 5.79 Å². The highest BCUT2D eigenvalue weighted by Gasteiger charge is 2.45. The number of aromatic nitrogens is 2. The third-order valence-electron chi connectivity index (χ3n) is 5.84. The largest absolute Gasteiger partial charge is 0.491 e. The average molecular weight is 509 g/mol. The zero-order valence-electron chi connectivity index (χ0n) is 18.6. The lowest BCUT2D eigenvalue weighted by atomic mass is 10.0. The first-order valence-corrected chi connectivity index (χ1v) is 11.8. The van der Waals surface area contributed by atoms with Gasteiger partial charge in [0.25, 0.3) is 0 Å². The molecule has 0 aliphatic carbocycles. The van der Waals surface area contributed by atoms with Crippen LogP contribution in [0, 0.1) is 0 Å². The van der Waals surface area contributed by atoms with Gasteiger partial charge in [-0.1, -0.05) is 65.7 Å². The first-order valence-electron chi connectivity index (χ1n) is 11.1. The third kappa shape index (κ3) is 5.11. The molecule has 0 saturated carbocycles. The quantitative estimate of drug-likeness (QED) is 0.272. The van der Waals surface area contributed by atoms with E-state index in [1.165, 1.54) is 0 Å². The molecule has 1 aliphatic heterocycles. The molecule has 6 nitrogen and oxygen atoms in total. The first-order chi connectivity index (χ1) is 17.1. The molecule has 1 aliphatic rings. The zero-order chi connectivity index (χ0) is 24.3. The maximum atomic E-state index is 11.3. The van der Waals surface area contributed by atoms with E-state index >= 15 is 0 Å². The summed E-state index contributed by atoms with van der Waals surface area (Å²) in [6.45, 7) is 0.995. The van der Waals surface area contributed by atoms with Gasteiger partial charge in [-0.15, -0.1) is 0 Å². The number of rotatable bonds is 8. The molecule has 1 aromatic heterocycles. The van der Waals surface area contributed by atoms with Crippen molar-refractivity contribution in [2.75, 3.05) is 13.2 Å². The highest BCUT2D eigenvalue weighted by molar-refractivity contribution is 6.35. The van der Waals surface area contributed by atoms with Gasteiger partial charge in [0, 0.05) is 28.5 Å². The Hall–Kier alpha value is -3.16. The summed E-state index contributed by atoms with van der Waals surface area (Å²) in [4.78, 5) is 15.5. The summed E-state index contributed by atoms with van der Waals surface area (Å²) in [5, 5.41) is 0.999. The Bertz CT molecular complexity index is 1310. The van der Waals surface area contributed by atoms with Crippen molar-refractivity contribution >= 4 is 29.5 Å². The standard InChI is InChI=1S/C27H22Cl2N2O4/c28-21-7-10-25(26(29)13-21)27(17-31-12-11-30-18-31)34-16-23(35-27)15-33-22-8-5-19(6-9-22)24-4-2-1-3-20(24)14-32/h1-14,18,23H,15-17H2. The van der Waals surface area contributed by atoms with Crippen molar-refractivity contribution in [3.8, 4) is 16.9 Å². The molecule has 0 radical (unpaired) electrons. The fraction of sp³-hybridized carbons (Fsp3) is 0.185. The molecule has 35 heavy (non-hydrogen) atoms. The zero-order valence-corrected chi connectivity index (χ0v) is 20.2. The second-order valence-electron chi connectivity index (χ2n) is 8.20. The van der Waals surface area contributed by atoms with Crippen molar-refractivity contribution in [3.05, 3.63) is 107 Å². The Balaban J connectivity index is 1.30. The predicted octanol–water partition coefficient (Wildman–Crippen LogP) is 6.02. The van der Waals surface area contributed by atoms with Crippen LogP contribution < -0.4 is 4.74 Å². The minimum atomic E-state index is -1.10. The van der Waals surface area contributed by atoms with Crippen LogP contribution in [0.15, 0.2) is 85.5 Å². The normalized spacial score (nSPS) is 19.5. The Kier molecular flexibility index (Phi) is 6.88. The molecule has 1 fully saturated rings. The van der Waals surface area contributed by atoms with E-state index in [1.54, 1.807) is 30.7 Å². The van der Waals surface area contributed by atoms with Crippen molar-refractivity contribution in [2.45, 2.75) is 18.4 Å². The molecule has 0 N–H and O–H groups in total. The van der Waals surface area contributed by atoms with E-state index in [1.807, 2.05) is 59.3 Å². The minimum absolute atomic E-state index is 0.293. The van der Waals surface area contributed by atoms with E-state index in [-0.39, 0.29) is 6.10 Å². The van der Waals surface area contributed by atoms with Gasteiger partial charge < -0.3 is 18.8 Å². The maximum absolute atomic E-state index is 11.3. The van der Waals surface area contributed by atoms with E-state index in [4.69, 9.17) is 37.4 Å². The van der Waals surface area contributed by atoms with Crippen LogP contribution in [0.3, 0.4) is 0 Å². The summed E-state index contributed by atoms with van der Waals surface area (Å²) < 4.78 is 20.5. The first kappa shape index (κ1) is 23.6. The predicted molar refractivity (Wildman–Crippen MR) is 134 cm³/mol. The van der Waals surface area contributed by atoms with Crippen molar-refractivity contribution in [1.82, 2.24) is 9.55 Å². The molecule has 2 heterocycles. The van der Waals surface area contributed by atoms with Gasteiger partial charge in [-0.3, -0.25) is 4.79 Å². The fourth-order valence-corrected chi connectivity index (χ4v) is 4.71. The summed E-state index contributed by atoms with van der Waals surface area (Å²) in [5.41, 5.74) is 3.16. The SMILES string of the molecule is O=Cc1ccccc1-c1ccc(OCC2COC(Cn3ccnc3)(c3ccc(Cl)cc3Cl)O2)cc1. The van der Waals surface area contributed by atoms with Crippen molar-refractivity contribution in [1.29, 1.82) is 0 Å². The van der Waals surface area contributed by atoms with E-state index in [2.05, 4.69) is 4.98 Å². The van der Waals surface area contributed by atoms with Crippen molar-refractivity contribution < 1.29 is 19.0 Å². The van der Waals surface area contributed by atoms with Crippen LogP contribution >= 0.6 is 23.2 Å². The smallest absolute Gasteiger partial charge is 0.215 e. The highest BCUT2D eigenvalue weighted by Crippen LogP contribution is 2.40. The molecule has 2 atom stereocenters. The lowest BCUT2D eigenvalue weighted by Crippen LogP contribution is -2.34. The van der Waals surface area contributed by atoms with Gasteiger partial charge in [-0.2, -0.15) is 0 Å². The van der Waals surface area contributed by atoms with Gasteiger partial charge in [0.15, 0.2) is 6.29 Å². The van der Waals surface area contributed by atoms with Gasteiger partial charge in [0.1, 0.15) is 18.5 Å². The van der Waals surface area contributed by atoms with Gasteiger partial charge in [0.05, 0.1) is 24.5 Å². The van der Waals surface area contributed by atoms with E-state index in [0.29, 0.717) is 46.7 Å². The molecule has 3 aromatic carbocycles. The van der Waals surface area contributed by atoms with Crippen LogP contribution in [0.25, 0.3) is 11.1 Å². The minimum Gasteiger partial charge on any atom is -0.491 e. The van der Waals surface area contributed by atoms with Gasteiger partial charge >= 0.3 is 0 Å². The van der Waals surface area contributed by atoms with Gasteiger partial charge in [-0.25, -0.2) is 4.98 Å². The molecular weight excluding hydrogens is 487 g/mol. The number of halogens is 2. The Labute approximate surface area is 213 Å². The van der Waals surface area contributed by atoms with Crippen molar-refractivity contribution in [2.24, 2.45) is 0 Å². The van der Waals surface area contributed by atoms with Gasteiger partial charge in [-0.05, 0) is 35.4 Å². The molecule has 2 unspecified atom stereocenters. The fourth-order valence-electron chi connectivity index (χ4n) is 4.16. The van der Waals surface area contributed by atoms with Crippen LogP contribution in [-0.2, 0) is 21.8 Å². The summed E-state index contributed by atoms with van der Waals surface area (Å²) in [5.74, 6) is -0.406. The van der Waals surface area contributed by atoms with Crippen molar-refractivity contribution in [3.63, 3.8) is 0 Å². The number of ether oxygens (including phenoxy) is 3. The monoisotopic (exact) mass is 508 g/mol. The summed E-state index contributed by atoms with van der Waals surface area (Å²) in [6.07, 6.45) is 5.78. The second kappa shape index (κ2) is 10.2. The molecule has 0 amide bonds. The number of carbonyl (C=O) groups excluding carboxylic acids is 1. The number of benzene rings is 3. The molecule has 5 rings (SSSR count). The second-order valence-corrected chi connectivity index (χ2v) is 9.05. The molecule has 1 saturated heterocycles. The summed E-state index contributed by atoms with van der Waals surface area (Å²) >= 11 is 12.6. The Morgan fingerprint density at radius 1 is 1.11 bits per heavy atom. The molecular formula is C27H22Cl2N2O4. The molecule has 178 valence electrons. The van der Waals surface area contributed by atoms with Crippen LogP contribution in [0.4, 0.5) is 0 Å². The van der Waals surface area contributed by atoms with E-state index in [0.717, 1.165) is 17.4 Å². The lowest BCUT2D eigenvalue weighted by molar-refractivity contribution is -0.189.